The molecule has 0 saturated heterocycles. The molecule has 0 aliphatic carbocycles. The Kier molecular flexibility index (Phi) is 6.65. The summed E-state index contributed by atoms with van der Waals surface area (Å²) in [6, 6.07) is 6.91. The Bertz CT molecular complexity index is 804. The molecule has 2 aromatic rings. The van der Waals surface area contributed by atoms with E-state index in [1.54, 1.807) is 18.2 Å². The van der Waals surface area contributed by atoms with Gasteiger partial charge >= 0.3 is 0 Å². The molecule has 2 rings (SSSR count). The van der Waals surface area contributed by atoms with Gasteiger partial charge in [-0.3, -0.25) is 4.79 Å². The first-order valence-corrected chi connectivity index (χ1v) is 9.63. The lowest BCUT2D eigenvalue weighted by atomic mass is 10.0. The first-order valence-electron chi connectivity index (χ1n) is 8.05. The number of nitrogens with two attached hydrogens (primary N) is 1. The van der Waals surface area contributed by atoms with Crippen molar-refractivity contribution in [1.82, 2.24) is 0 Å². The van der Waals surface area contributed by atoms with Crippen LogP contribution in [-0.2, 0) is 6.42 Å². The molecule has 0 atom stereocenters. The Morgan fingerprint density at radius 1 is 1.28 bits per heavy atom. The number of ether oxygens (including phenoxy) is 1. The Morgan fingerprint density at radius 3 is 2.52 bits per heavy atom. The summed E-state index contributed by atoms with van der Waals surface area (Å²) in [7, 11) is 0. The van der Waals surface area contributed by atoms with Gasteiger partial charge in [0.05, 0.1) is 15.5 Å². The van der Waals surface area contributed by atoms with Crippen molar-refractivity contribution in [2.24, 2.45) is 5.73 Å². The maximum atomic E-state index is 12.1. The number of carbonyl (C=O) groups excluding carboxylic acids is 1. The minimum absolute atomic E-state index is 0.0399. The second kappa shape index (κ2) is 8.34. The molecule has 0 aliphatic rings. The highest BCUT2D eigenvalue weighted by molar-refractivity contribution is 9.11. The van der Waals surface area contributed by atoms with Crippen LogP contribution in [0.15, 0.2) is 33.2 Å². The molecule has 0 saturated carbocycles. The van der Waals surface area contributed by atoms with Crippen LogP contribution in [0.2, 0.25) is 0 Å². The quantitative estimate of drug-likeness (QED) is 0.544. The van der Waals surface area contributed by atoms with Crippen LogP contribution in [0, 0.1) is 0 Å². The van der Waals surface area contributed by atoms with Gasteiger partial charge in [-0.2, -0.15) is 0 Å². The molecule has 134 valence electrons. The smallest absolute Gasteiger partial charge is 0.176 e. The van der Waals surface area contributed by atoms with E-state index in [1.807, 2.05) is 26.8 Å². The molecule has 3 N–H and O–H groups in total. The Labute approximate surface area is 164 Å². The van der Waals surface area contributed by atoms with Crippen molar-refractivity contribution in [3.8, 4) is 17.2 Å². The third-order valence-electron chi connectivity index (χ3n) is 3.96. The molecule has 0 bridgehead atoms. The third-order valence-corrected chi connectivity index (χ3v) is 5.39. The van der Waals surface area contributed by atoms with Crippen molar-refractivity contribution < 1.29 is 14.6 Å². The van der Waals surface area contributed by atoms with Crippen LogP contribution >= 0.6 is 31.9 Å². The van der Waals surface area contributed by atoms with Gasteiger partial charge in [0.15, 0.2) is 11.5 Å². The molecule has 0 spiro atoms. The van der Waals surface area contributed by atoms with E-state index in [2.05, 4.69) is 31.9 Å². The summed E-state index contributed by atoms with van der Waals surface area (Å²) in [4.78, 5) is 12.1. The van der Waals surface area contributed by atoms with Crippen LogP contribution in [0.25, 0.3) is 0 Å². The molecule has 0 unspecified atom stereocenters. The Balaban J connectivity index is 2.50. The number of benzene rings is 2. The van der Waals surface area contributed by atoms with Crippen molar-refractivity contribution in [2.45, 2.75) is 33.1 Å². The van der Waals surface area contributed by atoms with E-state index >= 15 is 0 Å². The lowest BCUT2D eigenvalue weighted by Crippen LogP contribution is -2.16. The van der Waals surface area contributed by atoms with Gasteiger partial charge in [0.2, 0.25) is 0 Å². The van der Waals surface area contributed by atoms with E-state index in [0.717, 1.165) is 15.6 Å². The predicted octanol–water partition coefficient (Wildman–Crippen LogP) is 5.54. The number of rotatable bonds is 6. The minimum Gasteiger partial charge on any atom is -0.508 e. The van der Waals surface area contributed by atoms with E-state index in [0.29, 0.717) is 28.0 Å². The van der Waals surface area contributed by atoms with Crippen LogP contribution < -0.4 is 10.5 Å². The van der Waals surface area contributed by atoms with Gasteiger partial charge in [-0.1, -0.05) is 20.8 Å². The predicted molar refractivity (Wildman–Crippen MR) is 107 cm³/mol. The molecule has 0 radical (unpaired) electrons. The minimum atomic E-state index is -0.114. The zero-order valence-electron chi connectivity index (χ0n) is 14.4. The molecule has 25 heavy (non-hydrogen) atoms. The fraction of sp³-hybridized carbons (Fsp3) is 0.316. The topological polar surface area (TPSA) is 72.6 Å². The summed E-state index contributed by atoms with van der Waals surface area (Å²) >= 11 is 7.04. The number of halogens is 2. The number of hydrogen-bond acceptors (Lipinski definition) is 4. The zero-order chi connectivity index (χ0) is 18.7. The number of phenols is 1. The highest BCUT2D eigenvalue weighted by atomic mass is 79.9. The lowest BCUT2D eigenvalue weighted by Gasteiger charge is -2.17. The fourth-order valence-corrected chi connectivity index (χ4v) is 4.18. The normalized spacial score (nSPS) is 11.0. The summed E-state index contributed by atoms with van der Waals surface area (Å²) < 4.78 is 7.43. The number of carbonyl (C=O) groups is 1. The molecule has 6 heteroatoms. The molecule has 0 aliphatic heterocycles. The van der Waals surface area contributed by atoms with Gasteiger partial charge < -0.3 is 15.6 Å². The van der Waals surface area contributed by atoms with E-state index in [9.17, 15) is 9.90 Å². The van der Waals surface area contributed by atoms with Crippen molar-refractivity contribution in [1.29, 1.82) is 0 Å². The second-order valence-electron chi connectivity index (χ2n) is 5.99. The van der Waals surface area contributed by atoms with Crippen molar-refractivity contribution in [3.63, 3.8) is 0 Å². The lowest BCUT2D eigenvalue weighted by molar-refractivity contribution is 0.100. The van der Waals surface area contributed by atoms with Crippen molar-refractivity contribution in [3.05, 3.63) is 49.9 Å². The first-order chi connectivity index (χ1) is 11.8. The van der Waals surface area contributed by atoms with Gasteiger partial charge in [-0.25, -0.2) is 0 Å². The highest BCUT2D eigenvalue weighted by Crippen LogP contribution is 2.42. The van der Waals surface area contributed by atoms with E-state index in [-0.39, 0.29) is 24.0 Å². The summed E-state index contributed by atoms with van der Waals surface area (Å²) in [5.41, 5.74) is 7.77. The fourth-order valence-electron chi connectivity index (χ4n) is 2.61. The summed E-state index contributed by atoms with van der Waals surface area (Å²) in [5.74, 6) is 1.51. The molecular weight excluding hydrogens is 450 g/mol. The maximum absolute atomic E-state index is 12.1. The highest BCUT2D eigenvalue weighted by Gasteiger charge is 2.20. The maximum Gasteiger partial charge on any atom is 0.176 e. The number of ketones is 1. The molecule has 0 fully saturated rings. The van der Waals surface area contributed by atoms with E-state index in [1.165, 1.54) is 0 Å². The number of phenolic OH excluding ortho intramolecular Hbond substituents is 1. The van der Waals surface area contributed by atoms with Gasteiger partial charge in [0.25, 0.3) is 0 Å². The van der Waals surface area contributed by atoms with E-state index < -0.39 is 0 Å². The molecule has 4 nitrogen and oxygen atoms in total. The van der Waals surface area contributed by atoms with Crippen molar-refractivity contribution in [2.75, 3.05) is 6.54 Å². The first kappa shape index (κ1) is 19.9. The number of Topliss-reactive ketones (excluding diaryl/α,β-unsaturated/α-hetero) is 1. The van der Waals surface area contributed by atoms with Crippen LogP contribution in [0.3, 0.4) is 0 Å². The number of hydrogen-bond donors (Lipinski definition) is 2. The summed E-state index contributed by atoms with van der Waals surface area (Å²) in [6.07, 6.45) is 0.665. The Morgan fingerprint density at radius 2 is 1.96 bits per heavy atom. The van der Waals surface area contributed by atoms with Crippen LogP contribution in [0.4, 0.5) is 0 Å². The average molecular weight is 471 g/mol. The molecular formula is C19H21Br2NO3. The van der Waals surface area contributed by atoms with Crippen molar-refractivity contribution >= 4 is 37.6 Å². The largest absolute Gasteiger partial charge is 0.508 e. The van der Waals surface area contributed by atoms with Gasteiger partial charge in [0, 0.05) is 11.1 Å². The van der Waals surface area contributed by atoms with Gasteiger partial charge in [-0.15, -0.1) is 0 Å². The second-order valence-corrected chi connectivity index (χ2v) is 7.63. The summed E-state index contributed by atoms with van der Waals surface area (Å²) in [6.45, 7) is 5.95. The van der Waals surface area contributed by atoms with Gasteiger partial charge in [-0.05, 0) is 74.0 Å². The third kappa shape index (κ3) is 4.25. The molecule has 0 aromatic heterocycles. The average Bonchev–Trinajstić information content (AvgIpc) is 2.58. The van der Waals surface area contributed by atoms with Crippen LogP contribution in [0.1, 0.15) is 48.2 Å². The van der Waals surface area contributed by atoms with Crippen LogP contribution in [0.5, 0.6) is 17.2 Å². The number of aromatic hydroxyl groups is 1. The molecule has 0 amide bonds. The van der Waals surface area contributed by atoms with Gasteiger partial charge in [0.1, 0.15) is 11.5 Å². The molecule has 0 heterocycles. The monoisotopic (exact) mass is 469 g/mol. The standard InChI is InChI=1S/C19H21Br2NO3/c1-4-12-14(17(24)9-22)8-15(20)19(18(12)21)25-11-5-6-16(23)13(7-11)10(2)3/h5-8,10,23H,4,9,22H2,1-3H3. The zero-order valence-corrected chi connectivity index (χ0v) is 17.6. The van der Waals surface area contributed by atoms with Crippen LogP contribution in [-0.4, -0.2) is 17.4 Å². The molecule has 2 aromatic carbocycles. The van der Waals surface area contributed by atoms with E-state index in [4.69, 9.17) is 10.5 Å². The summed E-state index contributed by atoms with van der Waals surface area (Å²) in [5, 5.41) is 9.96. The Hall–Kier alpha value is -1.37. The SMILES string of the molecule is CCc1c(C(=O)CN)cc(Br)c(Oc2ccc(O)c(C(C)C)c2)c1Br.